The van der Waals surface area contributed by atoms with Crippen molar-refractivity contribution >= 4 is 11.6 Å². The van der Waals surface area contributed by atoms with Gasteiger partial charge in [-0.15, -0.1) is 0 Å². The Morgan fingerprint density at radius 1 is 1.17 bits per heavy atom. The van der Waals surface area contributed by atoms with Gasteiger partial charge in [0.15, 0.2) is 0 Å². The number of hydrogen-bond acceptors (Lipinski definition) is 4. The highest BCUT2D eigenvalue weighted by Gasteiger charge is 2.23. The van der Waals surface area contributed by atoms with E-state index in [0.29, 0.717) is 12.5 Å². The number of carbonyl (C=O) groups is 1. The number of rotatable bonds is 5. The van der Waals surface area contributed by atoms with Gasteiger partial charge in [-0.3, -0.25) is 19.5 Å². The average molecular weight is 328 g/mol. The van der Waals surface area contributed by atoms with Gasteiger partial charge < -0.3 is 10.2 Å². The topological polar surface area (TPSA) is 87.2 Å². The molecule has 1 aliphatic heterocycles. The van der Waals surface area contributed by atoms with Crippen molar-refractivity contribution in [3.63, 3.8) is 0 Å². The first-order valence-electron chi connectivity index (χ1n) is 7.99. The number of para-hydroxylation sites is 1. The van der Waals surface area contributed by atoms with E-state index < -0.39 is 11.1 Å². The van der Waals surface area contributed by atoms with Crippen LogP contribution >= 0.6 is 0 Å². The van der Waals surface area contributed by atoms with Gasteiger partial charge in [-0.25, -0.2) is 4.68 Å². The number of hydrogen-bond donors (Lipinski definition) is 2. The lowest BCUT2D eigenvalue weighted by Gasteiger charge is -2.18. The Hall–Kier alpha value is -2.83. The van der Waals surface area contributed by atoms with Crippen LogP contribution in [-0.2, 0) is 11.3 Å². The summed E-state index contributed by atoms with van der Waals surface area (Å²) < 4.78 is 1.02. The van der Waals surface area contributed by atoms with Gasteiger partial charge in [0.2, 0.25) is 5.91 Å². The third kappa shape index (κ3) is 3.92. The minimum absolute atomic E-state index is 0.177. The molecule has 126 valence electrons. The standard InChI is InChI=1S/C17H20N4O3/c22-15-6-7-17(24)21(19-15)12-16(23)18-10-13-8-9-20(11-13)14-4-2-1-3-5-14/h1-7,13H,8-12H2,(H,18,23)(H,19,22). The predicted octanol–water partition coefficient (Wildman–Crippen LogP) is 0.179. The smallest absolute Gasteiger partial charge is 0.265 e. The van der Waals surface area contributed by atoms with Crippen molar-refractivity contribution in [2.24, 2.45) is 5.92 Å². The van der Waals surface area contributed by atoms with Crippen molar-refractivity contribution < 1.29 is 4.79 Å². The first-order valence-corrected chi connectivity index (χ1v) is 7.99. The quantitative estimate of drug-likeness (QED) is 0.820. The lowest BCUT2D eigenvalue weighted by molar-refractivity contribution is -0.122. The van der Waals surface area contributed by atoms with E-state index in [4.69, 9.17) is 0 Å². The maximum Gasteiger partial charge on any atom is 0.265 e. The zero-order chi connectivity index (χ0) is 16.9. The SMILES string of the molecule is O=C(Cn1[nH]c(=O)ccc1=O)NCC1CCN(c2ccccc2)C1. The molecule has 24 heavy (non-hydrogen) atoms. The molecule has 7 nitrogen and oxygen atoms in total. The van der Waals surface area contributed by atoms with Crippen LogP contribution in [0.5, 0.6) is 0 Å². The monoisotopic (exact) mass is 328 g/mol. The first kappa shape index (κ1) is 16.0. The third-order valence-electron chi connectivity index (χ3n) is 4.19. The van der Waals surface area contributed by atoms with Gasteiger partial charge in [0, 0.05) is 37.5 Å². The van der Waals surface area contributed by atoms with Gasteiger partial charge in [-0.05, 0) is 24.5 Å². The van der Waals surface area contributed by atoms with Crippen LogP contribution in [0.15, 0.2) is 52.1 Å². The molecule has 1 saturated heterocycles. The first-order chi connectivity index (χ1) is 11.6. The molecular formula is C17H20N4O3. The maximum atomic E-state index is 12.0. The number of H-pyrrole nitrogens is 1. The molecule has 1 aromatic carbocycles. The Morgan fingerprint density at radius 3 is 2.75 bits per heavy atom. The van der Waals surface area contributed by atoms with Crippen molar-refractivity contribution in [2.75, 3.05) is 24.5 Å². The molecule has 2 aromatic rings. The van der Waals surface area contributed by atoms with Crippen LogP contribution in [0.1, 0.15) is 6.42 Å². The minimum Gasteiger partial charge on any atom is -0.371 e. The summed E-state index contributed by atoms with van der Waals surface area (Å²) in [7, 11) is 0. The number of amides is 1. The predicted molar refractivity (Wildman–Crippen MR) is 91.1 cm³/mol. The van der Waals surface area contributed by atoms with Crippen LogP contribution in [0, 0.1) is 5.92 Å². The summed E-state index contributed by atoms with van der Waals surface area (Å²) in [5.74, 6) is 0.0952. The second-order valence-electron chi connectivity index (χ2n) is 5.97. The Labute approximate surface area is 138 Å². The van der Waals surface area contributed by atoms with Crippen molar-refractivity contribution in [1.29, 1.82) is 0 Å². The molecule has 7 heteroatoms. The molecule has 3 rings (SSSR count). The minimum atomic E-state index is -0.406. The lowest BCUT2D eigenvalue weighted by Crippen LogP contribution is -2.38. The van der Waals surface area contributed by atoms with E-state index in [1.165, 1.54) is 5.69 Å². The fourth-order valence-corrected chi connectivity index (χ4v) is 2.91. The van der Waals surface area contributed by atoms with Crippen molar-refractivity contribution in [3.8, 4) is 0 Å². The number of aromatic amines is 1. The van der Waals surface area contributed by atoms with Crippen LogP contribution in [-0.4, -0.2) is 35.3 Å². The molecule has 1 fully saturated rings. The Bertz CT molecular complexity index is 812. The molecule has 2 heterocycles. The second kappa shape index (κ2) is 7.16. The van der Waals surface area contributed by atoms with E-state index in [2.05, 4.69) is 27.4 Å². The highest BCUT2D eigenvalue weighted by molar-refractivity contribution is 5.75. The van der Waals surface area contributed by atoms with Crippen molar-refractivity contribution in [2.45, 2.75) is 13.0 Å². The molecule has 0 saturated carbocycles. The summed E-state index contributed by atoms with van der Waals surface area (Å²) in [4.78, 5) is 37.1. The Morgan fingerprint density at radius 2 is 1.96 bits per heavy atom. The number of nitrogens with one attached hydrogen (secondary N) is 2. The molecule has 1 atom stereocenters. The summed E-state index contributed by atoms with van der Waals surface area (Å²) in [5, 5.41) is 5.19. The summed E-state index contributed by atoms with van der Waals surface area (Å²) in [6.07, 6.45) is 1.01. The number of anilines is 1. The number of aromatic nitrogens is 2. The maximum absolute atomic E-state index is 12.0. The molecule has 1 amide bonds. The van der Waals surface area contributed by atoms with Crippen LogP contribution in [0.25, 0.3) is 0 Å². The van der Waals surface area contributed by atoms with Crippen LogP contribution < -0.4 is 21.3 Å². The van der Waals surface area contributed by atoms with Gasteiger partial charge >= 0.3 is 0 Å². The van der Waals surface area contributed by atoms with Crippen LogP contribution in [0.4, 0.5) is 5.69 Å². The average Bonchev–Trinajstić information content (AvgIpc) is 3.06. The van der Waals surface area contributed by atoms with Gasteiger partial charge in [0.25, 0.3) is 11.1 Å². The lowest BCUT2D eigenvalue weighted by atomic mass is 10.1. The molecule has 1 aromatic heterocycles. The molecule has 0 bridgehead atoms. The number of carbonyl (C=O) groups excluding carboxylic acids is 1. The fraction of sp³-hybridized carbons (Fsp3) is 0.353. The highest BCUT2D eigenvalue weighted by atomic mass is 16.2. The Balaban J connectivity index is 1.50. The number of benzene rings is 1. The van der Waals surface area contributed by atoms with Gasteiger partial charge in [0.1, 0.15) is 6.54 Å². The van der Waals surface area contributed by atoms with Crippen LogP contribution in [0.2, 0.25) is 0 Å². The van der Waals surface area contributed by atoms with E-state index >= 15 is 0 Å². The summed E-state index contributed by atoms with van der Waals surface area (Å²) in [5.41, 5.74) is 0.386. The summed E-state index contributed by atoms with van der Waals surface area (Å²) in [6.45, 7) is 2.25. The van der Waals surface area contributed by atoms with E-state index in [9.17, 15) is 14.4 Å². The number of nitrogens with zero attached hydrogens (tertiary/aromatic N) is 2. The summed E-state index contributed by atoms with van der Waals surface area (Å²) in [6, 6.07) is 12.5. The zero-order valence-electron chi connectivity index (χ0n) is 13.3. The van der Waals surface area contributed by atoms with E-state index in [0.717, 1.165) is 36.3 Å². The molecule has 0 radical (unpaired) electrons. The van der Waals surface area contributed by atoms with Gasteiger partial charge in [0.05, 0.1) is 0 Å². The van der Waals surface area contributed by atoms with Crippen LogP contribution in [0.3, 0.4) is 0 Å². The molecule has 2 N–H and O–H groups in total. The Kier molecular flexibility index (Phi) is 4.79. The normalized spacial score (nSPS) is 17.0. The van der Waals surface area contributed by atoms with E-state index in [1.807, 2.05) is 18.2 Å². The summed E-state index contributed by atoms with van der Waals surface area (Å²) >= 11 is 0. The molecule has 1 unspecified atom stereocenters. The third-order valence-corrected chi connectivity index (χ3v) is 4.19. The van der Waals surface area contributed by atoms with Crippen molar-refractivity contribution in [1.82, 2.24) is 15.1 Å². The fourth-order valence-electron chi connectivity index (χ4n) is 2.91. The molecule has 1 aliphatic rings. The molecule has 0 spiro atoms. The molecular weight excluding hydrogens is 308 g/mol. The van der Waals surface area contributed by atoms with Gasteiger partial charge in [-0.2, -0.15) is 0 Å². The highest BCUT2D eigenvalue weighted by Crippen LogP contribution is 2.22. The van der Waals surface area contributed by atoms with E-state index in [1.54, 1.807) is 0 Å². The van der Waals surface area contributed by atoms with Crippen molar-refractivity contribution in [3.05, 3.63) is 63.2 Å². The second-order valence-corrected chi connectivity index (χ2v) is 5.97. The van der Waals surface area contributed by atoms with Gasteiger partial charge in [-0.1, -0.05) is 18.2 Å². The van der Waals surface area contributed by atoms with E-state index in [-0.39, 0.29) is 12.5 Å². The largest absolute Gasteiger partial charge is 0.371 e. The zero-order valence-corrected chi connectivity index (χ0v) is 13.3. The molecule has 0 aliphatic carbocycles.